The molecule has 0 bridgehead atoms. The number of piperidine rings is 1. The van der Waals surface area contributed by atoms with E-state index in [9.17, 15) is 27.9 Å². The summed E-state index contributed by atoms with van der Waals surface area (Å²) < 4.78 is 38.0. The van der Waals surface area contributed by atoms with Gasteiger partial charge in [0.05, 0.1) is 22.7 Å². The quantitative estimate of drug-likeness (QED) is 0.249. The maximum Gasteiger partial charge on any atom is 0.490 e. The lowest BCUT2D eigenvalue weighted by molar-refractivity contribution is -0.192. The van der Waals surface area contributed by atoms with Crippen LogP contribution in [0.5, 0.6) is 5.75 Å². The van der Waals surface area contributed by atoms with E-state index in [4.69, 9.17) is 26.2 Å². The van der Waals surface area contributed by atoms with Crippen LogP contribution >= 0.6 is 11.6 Å². The minimum Gasteiger partial charge on any atom is -0.489 e. The zero-order valence-electron chi connectivity index (χ0n) is 26.7. The van der Waals surface area contributed by atoms with Gasteiger partial charge in [-0.15, -0.1) is 0 Å². The van der Waals surface area contributed by atoms with Crippen LogP contribution in [-0.2, 0) is 14.4 Å². The summed E-state index contributed by atoms with van der Waals surface area (Å²) in [6, 6.07) is 5.50. The number of aromatic nitrogens is 2. The van der Waals surface area contributed by atoms with E-state index in [1.807, 2.05) is 17.0 Å². The highest BCUT2D eigenvalue weighted by molar-refractivity contribution is 6.32. The van der Waals surface area contributed by atoms with Gasteiger partial charge < -0.3 is 35.8 Å². The number of carbonyl (C=O) groups is 3. The number of aliphatic hydroxyl groups excluding tert-OH is 1. The first-order valence-corrected chi connectivity index (χ1v) is 16.1. The number of ether oxygens (including phenoxy) is 1. The van der Waals surface area contributed by atoms with Gasteiger partial charge in [0.25, 0.3) is 0 Å². The SMILES string of the molecule is CC(C)(CO)NC(=O)C1=Cc2c(ncnc2Nc2ccc(OC3CCN(C(=O)C4CCCC4)CC3)c(Cl)c2)NCC1.O=C(O)C(F)(F)F. The fourth-order valence-electron chi connectivity index (χ4n) is 5.56. The molecule has 2 fully saturated rings. The number of halogens is 4. The smallest absolute Gasteiger partial charge is 0.489 e. The van der Waals surface area contributed by atoms with E-state index in [0.29, 0.717) is 58.1 Å². The number of hydrogen-bond acceptors (Lipinski definition) is 9. The second kappa shape index (κ2) is 15.9. The van der Waals surface area contributed by atoms with E-state index in [1.54, 1.807) is 26.0 Å². The maximum absolute atomic E-state index is 12.9. The van der Waals surface area contributed by atoms with Crippen LogP contribution < -0.4 is 20.7 Å². The molecule has 12 nitrogen and oxygen atoms in total. The third kappa shape index (κ3) is 9.95. The van der Waals surface area contributed by atoms with Crippen LogP contribution in [0, 0.1) is 5.92 Å². The van der Waals surface area contributed by atoms with E-state index in [0.717, 1.165) is 51.6 Å². The summed E-state index contributed by atoms with van der Waals surface area (Å²) in [5, 5.41) is 26.6. The standard InChI is InChI=1S/C30H39ClN6O4.C2HF3O2/c1-30(2,17-38)36-28(39)20-9-12-32-26-23(15-20)27(34-18-33-26)35-21-7-8-25(24(31)16-21)41-22-10-13-37(14-11-22)29(40)19-5-3-4-6-19;3-2(4,5)1(6)7/h7-8,15-16,18-19,22,38H,3-6,9-14,17H2,1-2H3,(H,36,39)(H2,32,33,34,35);(H,6,7). The Bertz CT molecular complexity index is 1510. The Morgan fingerprint density at radius 2 is 1.77 bits per heavy atom. The first kappa shape index (κ1) is 36.7. The van der Waals surface area contributed by atoms with E-state index >= 15 is 0 Å². The molecule has 3 heterocycles. The van der Waals surface area contributed by atoms with Gasteiger partial charge in [-0.25, -0.2) is 14.8 Å². The number of likely N-dealkylation sites (tertiary alicyclic amines) is 1. The molecule has 0 spiro atoms. The molecule has 1 aromatic heterocycles. The summed E-state index contributed by atoms with van der Waals surface area (Å²) in [5.41, 5.74) is 1.20. The number of alkyl halides is 3. The first-order valence-electron chi connectivity index (χ1n) is 15.7. The lowest BCUT2D eigenvalue weighted by Gasteiger charge is -2.33. The molecular formula is C32H40ClF3N6O6. The third-order valence-corrected chi connectivity index (χ3v) is 8.51. The Labute approximate surface area is 281 Å². The highest BCUT2D eigenvalue weighted by atomic mass is 35.5. The lowest BCUT2D eigenvalue weighted by Crippen LogP contribution is -2.46. The van der Waals surface area contributed by atoms with Gasteiger partial charge in [0.15, 0.2) is 0 Å². The molecule has 0 unspecified atom stereocenters. The van der Waals surface area contributed by atoms with Crippen LogP contribution in [0.25, 0.3) is 6.08 Å². The van der Waals surface area contributed by atoms with Crippen LogP contribution in [-0.4, -0.2) is 86.9 Å². The molecule has 0 atom stereocenters. The van der Waals surface area contributed by atoms with Crippen molar-refractivity contribution in [1.29, 1.82) is 0 Å². The number of aliphatic hydroxyl groups is 1. The molecule has 2 aromatic rings. The van der Waals surface area contributed by atoms with Crippen LogP contribution in [0.3, 0.4) is 0 Å². The summed E-state index contributed by atoms with van der Waals surface area (Å²) in [4.78, 5) is 45.4. The van der Waals surface area contributed by atoms with E-state index in [1.165, 1.54) is 6.33 Å². The molecule has 1 saturated carbocycles. The van der Waals surface area contributed by atoms with Gasteiger partial charge >= 0.3 is 12.1 Å². The zero-order valence-corrected chi connectivity index (χ0v) is 27.5. The molecule has 1 aliphatic carbocycles. The van der Waals surface area contributed by atoms with Gasteiger partial charge in [-0.05, 0) is 57.4 Å². The van der Waals surface area contributed by atoms with Gasteiger partial charge in [-0.1, -0.05) is 24.4 Å². The molecule has 16 heteroatoms. The first-order chi connectivity index (χ1) is 22.7. The minimum atomic E-state index is -5.08. The number of nitrogens with one attached hydrogen (secondary N) is 3. The Morgan fingerprint density at radius 3 is 2.38 bits per heavy atom. The molecule has 1 aromatic carbocycles. The van der Waals surface area contributed by atoms with Crippen molar-refractivity contribution >= 4 is 52.8 Å². The van der Waals surface area contributed by atoms with Crippen molar-refractivity contribution in [1.82, 2.24) is 20.2 Å². The van der Waals surface area contributed by atoms with Gasteiger partial charge in [0.2, 0.25) is 11.8 Å². The average molecular weight is 697 g/mol. The molecular weight excluding hydrogens is 657 g/mol. The number of benzene rings is 1. The van der Waals surface area contributed by atoms with Crippen molar-refractivity contribution < 1.29 is 42.5 Å². The van der Waals surface area contributed by atoms with Crippen molar-refractivity contribution in [3.05, 3.63) is 40.7 Å². The number of anilines is 3. The Balaban J connectivity index is 0.000000671. The molecule has 5 N–H and O–H groups in total. The van der Waals surface area contributed by atoms with Gasteiger partial charge in [-0.3, -0.25) is 9.59 Å². The zero-order chi connectivity index (χ0) is 35.1. The summed E-state index contributed by atoms with van der Waals surface area (Å²) in [5.74, 6) is -0.731. The van der Waals surface area contributed by atoms with Crippen molar-refractivity contribution in [2.45, 2.75) is 76.6 Å². The molecule has 48 heavy (non-hydrogen) atoms. The molecule has 2 amide bonds. The summed E-state index contributed by atoms with van der Waals surface area (Å²) in [6.45, 7) is 5.33. The van der Waals surface area contributed by atoms with E-state index in [2.05, 4.69) is 25.9 Å². The van der Waals surface area contributed by atoms with Crippen molar-refractivity contribution in [2.24, 2.45) is 5.92 Å². The molecule has 262 valence electrons. The molecule has 3 aliphatic rings. The van der Waals surface area contributed by atoms with Crippen molar-refractivity contribution in [3.63, 3.8) is 0 Å². The van der Waals surface area contributed by atoms with E-state index < -0.39 is 17.7 Å². The third-order valence-electron chi connectivity index (χ3n) is 8.22. The van der Waals surface area contributed by atoms with Gasteiger partial charge in [0.1, 0.15) is 29.8 Å². The second-order valence-electron chi connectivity index (χ2n) is 12.5. The number of carbonyl (C=O) groups excluding carboxylic acids is 2. The van der Waals surface area contributed by atoms with Crippen LogP contribution in [0.15, 0.2) is 30.1 Å². The number of amides is 2. The number of nitrogens with zero attached hydrogens (tertiary/aromatic N) is 3. The number of rotatable bonds is 8. The predicted octanol–water partition coefficient (Wildman–Crippen LogP) is 5.15. The normalized spacial score (nSPS) is 17.1. The highest BCUT2D eigenvalue weighted by Gasteiger charge is 2.38. The number of hydrogen-bond donors (Lipinski definition) is 5. The fraction of sp³-hybridized carbons (Fsp3) is 0.531. The second-order valence-corrected chi connectivity index (χ2v) is 12.9. The highest BCUT2D eigenvalue weighted by Crippen LogP contribution is 2.34. The molecule has 0 radical (unpaired) electrons. The van der Waals surface area contributed by atoms with Crippen LogP contribution in [0.2, 0.25) is 5.02 Å². The monoisotopic (exact) mass is 696 g/mol. The summed E-state index contributed by atoms with van der Waals surface area (Å²) in [7, 11) is 0. The lowest BCUT2D eigenvalue weighted by atomic mass is 10.0. The molecule has 1 saturated heterocycles. The van der Waals surface area contributed by atoms with Crippen molar-refractivity contribution in [2.75, 3.05) is 36.9 Å². The minimum absolute atomic E-state index is 0.00756. The summed E-state index contributed by atoms with van der Waals surface area (Å²) >= 11 is 6.63. The fourth-order valence-corrected chi connectivity index (χ4v) is 5.78. The number of carboxylic acids is 1. The average Bonchev–Trinajstić information content (AvgIpc) is 3.48. The Hall–Kier alpha value is -4.11. The Morgan fingerprint density at radius 1 is 1.10 bits per heavy atom. The molecule has 2 aliphatic heterocycles. The van der Waals surface area contributed by atoms with E-state index in [-0.39, 0.29) is 24.5 Å². The number of fused-ring (bicyclic) bond motifs is 1. The van der Waals surface area contributed by atoms with Crippen LogP contribution in [0.1, 0.15) is 64.4 Å². The number of aliphatic carboxylic acids is 1. The Kier molecular flexibility index (Phi) is 12.1. The maximum atomic E-state index is 12.9. The topological polar surface area (TPSA) is 166 Å². The van der Waals surface area contributed by atoms with Crippen molar-refractivity contribution in [3.8, 4) is 5.75 Å². The summed E-state index contributed by atoms with van der Waals surface area (Å²) in [6.07, 6.45) is 4.60. The molecule has 5 rings (SSSR count). The van der Waals surface area contributed by atoms with Crippen LogP contribution in [0.4, 0.5) is 30.5 Å². The van der Waals surface area contributed by atoms with Gasteiger partial charge in [-0.2, -0.15) is 13.2 Å². The van der Waals surface area contributed by atoms with Gasteiger partial charge in [0, 0.05) is 49.7 Å². The predicted molar refractivity (Wildman–Crippen MR) is 173 cm³/mol. The largest absolute Gasteiger partial charge is 0.490 e. The number of carboxylic acid groups (broad SMARTS) is 1.